The van der Waals surface area contributed by atoms with E-state index in [2.05, 4.69) is 15.3 Å². The van der Waals surface area contributed by atoms with Gasteiger partial charge in [0.2, 0.25) is 5.91 Å². The number of hydrogen-bond acceptors (Lipinski definition) is 6. The van der Waals surface area contributed by atoms with E-state index in [4.69, 9.17) is 5.73 Å². The summed E-state index contributed by atoms with van der Waals surface area (Å²) < 4.78 is 26.4. The minimum absolute atomic E-state index is 0.419. The molecule has 0 bridgehead atoms. The normalized spacial score (nSPS) is 18.6. The van der Waals surface area contributed by atoms with Crippen molar-refractivity contribution < 1.29 is 13.6 Å². The molecule has 23 heavy (non-hydrogen) atoms. The summed E-state index contributed by atoms with van der Waals surface area (Å²) in [5.74, 6) is -2.83. The van der Waals surface area contributed by atoms with Crippen LogP contribution in [0.15, 0.2) is 17.8 Å². The molecule has 1 unspecified atom stereocenters. The molecular formula is C14H17F2N5OS. The molecule has 6 nitrogen and oxygen atoms in total. The van der Waals surface area contributed by atoms with Crippen molar-refractivity contribution in [3.8, 4) is 0 Å². The van der Waals surface area contributed by atoms with Crippen LogP contribution in [-0.4, -0.2) is 47.5 Å². The van der Waals surface area contributed by atoms with Gasteiger partial charge in [-0.3, -0.25) is 4.79 Å². The van der Waals surface area contributed by atoms with Gasteiger partial charge in [0.05, 0.1) is 18.5 Å². The number of thiophene rings is 1. The summed E-state index contributed by atoms with van der Waals surface area (Å²) in [6, 6.07) is 1.41. The summed E-state index contributed by atoms with van der Waals surface area (Å²) in [6.45, 7) is -0.874. The van der Waals surface area contributed by atoms with Crippen LogP contribution in [0, 0.1) is 0 Å². The van der Waals surface area contributed by atoms with Crippen molar-refractivity contribution in [2.75, 3.05) is 24.5 Å². The van der Waals surface area contributed by atoms with Gasteiger partial charge in [0.25, 0.3) is 5.92 Å². The van der Waals surface area contributed by atoms with Gasteiger partial charge in [-0.1, -0.05) is 0 Å². The third-order valence-corrected chi connectivity index (χ3v) is 4.71. The third-order valence-electron chi connectivity index (χ3n) is 3.89. The number of nitrogens with one attached hydrogen (secondary N) is 1. The van der Waals surface area contributed by atoms with E-state index in [0.717, 1.165) is 16.6 Å². The molecule has 1 atom stereocenters. The number of nitrogens with two attached hydrogens (primary N) is 1. The number of nitrogens with zero attached hydrogens (tertiary/aromatic N) is 3. The van der Waals surface area contributed by atoms with Crippen LogP contribution in [0.25, 0.3) is 10.2 Å². The van der Waals surface area contributed by atoms with E-state index >= 15 is 0 Å². The lowest BCUT2D eigenvalue weighted by Gasteiger charge is -2.26. The van der Waals surface area contributed by atoms with Crippen LogP contribution >= 0.6 is 11.3 Å². The predicted molar refractivity (Wildman–Crippen MR) is 84.8 cm³/mol. The second-order valence-corrected chi connectivity index (χ2v) is 6.36. The molecule has 1 saturated heterocycles. The Morgan fingerprint density at radius 2 is 2.35 bits per heavy atom. The minimum Gasteiger partial charge on any atom is -0.348 e. The average molecular weight is 341 g/mol. The van der Waals surface area contributed by atoms with Crippen LogP contribution in [0.3, 0.4) is 0 Å². The summed E-state index contributed by atoms with van der Waals surface area (Å²) in [6.07, 6.45) is 2.88. The van der Waals surface area contributed by atoms with Gasteiger partial charge in [-0.25, -0.2) is 18.7 Å². The maximum absolute atomic E-state index is 13.2. The molecule has 0 spiro atoms. The first-order valence-corrected chi connectivity index (χ1v) is 8.20. The molecule has 1 aliphatic rings. The number of carbonyl (C=O) groups excluding carboxylic acids is 1. The van der Waals surface area contributed by atoms with Gasteiger partial charge >= 0.3 is 0 Å². The van der Waals surface area contributed by atoms with Crippen molar-refractivity contribution in [1.82, 2.24) is 15.3 Å². The van der Waals surface area contributed by atoms with Gasteiger partial charge in [0, 0.05) is 6.54 Å². The molecule has 0 radical (unpaired) electrons. The van der Waals surface area contributed by atoms with Crippen molar-refractivity contribution in [1.29, 1.82) is 0 Å². The molecular weight excluding hydrogens is 324 g/mol. The molecule has 3 heterocycles. The van der Waals surface area contributed by atoms with Crippen molar-refractivity contribution in [3.63, 3.8) is 0 Å². The molecule has 2 aromatic heterocycles. The zero-order valence-corrected chi connectivity index (χ0v) is 13.2. The predicted octanol–water partition coefficient (Wildman–Crippen LogP) is 1.37. The van der Waals surface area contributed by atoms with E-state index in [1.165, 1.54) is 17.7 Å². The Labute approximate surface area is 135 Å². The zero-order valence-electron chi connectivity index (χ0n) is 12.3. The van der Waals surface area contributed by atoms with Crippen LogP contribution in [0.2, 0.25) is 0 Å². The SMILES string of the molecule is NCC(F)(F)CNC(=O)C1CCCN1c1ncnc2sccc12. The quantitative estimate of drug-likeness (QED) is 0.858. The Morgan fingerprint density at radius 3 is 3.13 bits per heavy atom. The van der Waals surface area contributed by atoms with Gasteiger partial charge in [0.1, 0.15) is 23.0 Å². The number of fused-ring (bicyclic) bond motifs is 1. The van der Waals surface area contributed by atoms with Gasteiger partial charge in [-0.05, 0) is 24.3 Å². The number of aromatic nitrogens is 2. The maximum Gasteiger partial charge on any atom is 0.277 e. The zero-order chi connectivity index (χ0) is 16.4. The molecule has 0 saturated carbocycles. The summed E-state index contributed by atoms with van der Waals surface area (Å²) in [7, 11) is 0. The monoisotopic (exact) mass is 341 g/mol. The van der Waals surface area contributed by atoms with Crippen molar-refractivity contribution in [2.24, 2.45) is 5.73 Å². The fourth-order valence-electron chi connectivity index (χ4n) is 2.71. The van der Waals surface area contributed by atoms with E-state index < -0.39 is 31.0 Å². The van der Waals surface area contributed by atoms with E-state index in [0.29, 0.717) is 18.8 Å². The van der Waals surface area contributed by atoms with Crippen molar-refractivity contribution in [2.45, 2.75) is 24.8 Å². The van der Waals surface area contributed by atoms with Crippen molar-refractivity contribution in [3.05, 3.63) is 17.8 Å². The highest BCUT2D eigenvalue weighted by Gasteiger charge is 2.35. The third kappa shape index (κ3) is 3.25. The molecule has 1 fully saturated rings. The highest BCUT2D eigenvalue weighted by atomic mass is 32.1. The second-order valence-electron chi connectivity index (χ2n) is 5.47. The Balaban J connectivity index is 1.78. The molecule has 1 aliphatic heterocycles. The Hall–Kier alpha value is -1.87. The lowest BCUT2D eigenvalue weighted by molar-refractivity contribution is -0.124. The number of carbonyl (C=O) groups is 1. The number of anilines is 1. The molecule has 3 N–H and O–H groups in total. The Morgan fingerprint density at radius 1 is 1.52 bits per heavy atom. The van der Waals surface area contributed by atoms with E-state index in [1.54, 1.807) is 0 Å². The van der Waals surface area contributed by atoms with E-state index in [9.17, 15) is 13.6 Å². The average Bonchev–Trinajstić information content (AvgIpc) is 3.21. The summed E-state index contributed by atoms with van der Waals surface area (Å²) in [5.41, 5.74) is 4.99. The summed E-state index contributed by atoms with van der Waals surface area (Å²) in [5, 5.41) is 5.10. The molecule has 9 heteroatoms. The van der Waals surface area contributed by atoms with Gasteiger partial charge in [-0.2, -0.15) is 0 Å². The summed E-state index contributed by atoms with van der Waals surface area (Å²) in [4.78, 5) is 23.5. The summed E-state index contributed by atoms with van der Waals surface area (Å²) >= 11 is 1.50. The van der Waals surface area contributed by atoms with E-state index in [-0.39, 0.29) is 0 Å². The maximum atomic E-state index is 13.2. The first-order chi connectivity index (χ1) is 11.0. The molecule has 3 rings (SSSR count). The second kappa shape index (κ2) is 6.32. The van der Waals surface area contributed by atoms with Crippen LogP contribution in [0.4, 0.5) is 14.6 Å². The molecule has 2 aromatic rings. The largest absolute Gasteiger partial charge is 0.348 e. The topological polar surface area (TPSA) is 84.1 Å². The lowest BCUT2D eigenvalue weighted by atomic mass is 10.2. The number of hydrogen-bond donors (Lipinski definition) is 2. The van der Waals surface area contributed by atoms with Gasteiger partial charge in [-0.15, -0.1) is 11.3 Å². The highest BCUT2D eigenvalue weighted by molar-refractivity contribution is 7.16. The van der Waals surface area contributed by atoms with Gasteiger partial charge in [0.15, 0.2) is 0 Å². The van der Waals surface area contributed by atoms with Crippen LogP contribution < -0.4 is 16.0 Å². The smallest absolute Gasteiger partial charge is 0.277 e. The molecule has 124 valence electrons. The van der Waals surface area contributed by atoms with Gasteiger partial charge < -0.3 is 16.0 Å². The van der Waals surface area contributed by atoms with E-state index in [1.807, 2.05) is 16.3 Å². The molecule has 0 aromatic carbocycles. The van der Waals surface area contributed by atoms with Crippen LogP contribution in [-0.2, 0) is 4.79 Å². The lowest BCUT2D eigenvalue weighted by Crippen LogP contribution is -2.48. The molecule has 0 aliphatic carbocycles. The Bertz CT molecular complexity index is 707. The first-order valence-electron chi connectivity index (χ1n) is 7.32. The Kier molecular flexibility index (Phi) is 4.40. The fourth-order valence-corrected chi connectivity index (χ4v) is 3.43. The van der Waals surface area contributed by atoms with Crippen molar-refractivity contribution >= 4 is 33.3 Å². The number of rotatable bonds is 5. The number of halogens is 2. The first kappa shape index (κ1) is 16.0. The van der Waals surface area contributed by atoms with Crippen LogP contribution in [0.5, 0.6) is 0 Å². The number of alkyl halides is 2. The molecule has 1 amide bonds. The highest BCUT2D eigenvalue weighted by Crippen LogP contribution is 2.31. The minimum atomic E-state index is -3.09. The van der Waals surface area contributed by atoms with Crippen LogP contribution in [0.1, 0.15) is 12.8 Å². The number of amides is 1. The fraction of sp³-hybridized carbons (Fsp3) is 0.500. The standard InChI is InChI=1S/C14H17F2N5OS/c15-14(16,6-17)7-18-12(22)10-2-1-4-21(10)11-9-3-5-23-13(9)20-8-19-11/h3,5,8,10H,1-2,4,6-7,17H2,(H,18,22).